The van der Waals surface area contributed by atoms with Crippen molar-refractivity contribution >= 4 is 11.6 Å². The molecule has 0 spiro atoms. The highest BCUT2D eigenvalue weighted by Crippen LogP contribution is 2.24. The summed E-state index contributed by atoms with van der Waals surface area (Å²) in [5, 5.41) is 2.92. The lowest BCUT2D eigenvalue weighted by atomic mass is 10.1. The van der Waals surface area contributed by atoms with Gasteiger partial charge in [0, 0.05) is 6.42 Å². The van der Waals surface area contributed by atoms with Crippen LogP contribution in [0, 0.1) is 0 Å². The summed E-state index contributed by atoms with van der Waals surface area (Å²) >= 11 is 0. The van der Waals surface area contributed by atoms with Crippen molar-refractivity contribution < 1.29 is 14.3 Å². The molecule has 0 atom stereocenters. The number of amides is 1. The molecule has 0 fully saturated rings. The van der Waals surface area contributed by atoms with Crippen LogP contribution in [0.3, 0.4) is 0 Å². The molecule has 2 rings (SSSR count). The van der Waals surface area contributed by atoms with E-state index < -0.39 is 0 Å². The molecule has 4 heteroatoms. The summed E-state index contributed by atoms with van der Waals surface area (Å²) in [6, 6.07) is 15.3. The van der Waals surface area contributed by atoms with Crippen molar-refractivity contribution in [3.8, 4) is 11.5 Å². The van der Waals surface area contributed by atoms with Crippen molar-refractivity contribution in [1.82, 2.24) is 0 Å². The number of nitrogens with one attached hydrogen (secondary N) is 1. The molecule has 0 unspecified atom stereocenters. The molecule has 4 nitrogen and oxygen atoms in total. The van der Waals surface area contributed by atoms with E-state index in [1.807, 2.05) is 48.5 Å². The van der Waals surface area contributed by atoms with Gasteiger partial charge in [-0.2, -0.15) is 0 Å². The number of carbonyl (C=O) groups is 1. The minimum Gasteiger partial charge on any atom is -0.497 e. The first kappa shape index (κ1) is 16.9. The first-order chi connectivity index (χ1) is 11.2. The summed E-state index contributed by atoms with van der Waals surface area (Å²) in [6.45, 7) is 2.69. The average Bonchev–Trinajstić information content (AvgIpc) is 2.59. The van der Waals surface area contributed by atoms with Crippen molar-refractivity contribution in [1.29, 1.82) is 0 Å². The van der Waals surface area contributed by atoms with Crippen LogP contribution >= 0.6 is 0 Å². The fourth-order valence-electron chi connectivity index (χ4n) is 2.17. The van der Waals surface area contributed by atoms with Gasteiger partial charge in [0.25, 0.3) is 0 Å². The summed E-state index contributed by atoms with van der Waals surface area (Å²) in [5.41, 5.74) is 1.83. The Morgan fingerprint density at radius 1 is 1.09 bits per heavy atom. The SMILES string of the molecule is CCCOc1ccccc1NC(=O)CCc1ccc(OC)cc1. The molecule has 1 N–H and O–H groups in total. The normalized spacial score (nSPS) is 10.2. The topological polar surface area (TPSA) is 47.6 Å². The fraction of sp³-hybridized carbons (Fsp3) is 0.316. The summed E-state index contributed by atoms with van der Waals surface area (Å²) in [5.74, 6) is 1.51. The number of para-hydroxylation sites is 2. The third kappa shape index (κ3) is 5.33. The first-order valence-electron chi connectivity index (χ1n) is 7.87. The molecular weight excluding hydrogens is 290 g/mol. The molecule has 2 aromatic rings. The Morgan fingerprint density at radius 3 is 2.52 bits per heavy atom. The van der Waals surface area contributed by atoms with E-state index in [0.29, 0.717) is 25.2 Å². The summed E-state index contributed by atoms with van der Waals surface area (Å²) in [4.78, 5) is 12.1. The number of carbonyl (C=O) groups excluding carboxylic acids is 1. The zero-order valence-corrected chi connectivity index (χ0v) is 13.7. The second kappa shape index (κ2) is 8.83. The highest BCUT2D eigenvalue weighted by atomic mass is 16.5. The molecule has 1 amide bonds. The van der Waals surface area contributed by atoms with Gasteiger partial charge in [0.1, 0.15) is 11.5 Å². The van der Waals surface area contributed by atoms with Gasteiger partial charge in [0.15, 0.2) is 0 Å². The highest BCUT2D eigenvalue weighted by Gasteiger charge is 2.08. The third-order valence-corrected chi connectivity index (χ3v) is 3.42. The number of rotatable bonds is 8. The Hall–Kier alpha value is -2.49. The van der Waals surface area contributed by atoms with E-state index in [1.54, 1.807) is 7.11 Å². The predicted octanol–water partition coefficient (Wildman–Crippen LogP) is 4.06. The van der Waals surface area contributed by atoms with Crippen LogP contribution in [-0.4, -0.2) is 19.6 Å². The smallest absolute Gasteiger partial charge is 0.224 e. The van der Waals surface area contributed by atoms with E-state index in [-0.39, 0.29) is 5.91 Å². The van der Waals surface area contributed by atoms with E-state index in [0.717, 1.165) is 23.4 Å². The quantitative estimate of drug-likeness (QED) is 0.799. The molecule has 0 saturated carbocycles. The number of ether oxygens (including phenoxy) is 2. The number of anilines is 1. The molecule has 23 heavy (non-hydrogen) atoms. The second-order valence-corrected chi connectivity index (χ2v) is 5.24. The standard InChI is InChI=1S/C19H23NO3/c1-3-14-23-18-7-5-4-6-17(18)20-19(21)13-10-15-8-11-16(22-2)12-9-15/h4-9,11-12H,3,10,13-14H2,1-2H3,(H,20,21). The Labute approximate surface area is 137 Å². The zero-order chi connectivity index (χ0) is 16.5. The molecule has 0 heterocycles. The first-order valence-corrected chi connectivity index (χ1v) is 7.87. The molecule has 0 saturated heterocycles. The maximum atomic E-state index is 12.1. The fourth-order valence-corrected chi connectivity index (χ4v) is 2.17. The number of methoxy groups -OCH3 is 1. The summed E-state index contributed by atoms with van der Waals surface area (Å²) in [6.07, 6.45) is 2.04. The van der Waals surface area contributed by atoms with E-state index >= 15 is 0 Å². The molecule has 122 valence electrons. The number of benzene rings is 2. The predicted molar refractivity (Wildman–Crippen MR) is 92.2 cm³/mol. The number of hydrogen-bond acceptors (Lipinski definition) is 3. The lowest BCUT2D eigenvalue weighted by Crippen LogP contribution is -2.13. The van der Waals surface area contributed by atoms with Crippen LogP contribution in [0.25, 0.3) is 0 Å². The molecule has 0 aliphatic rings. The van der Waals surface area contributed by atoms with Gasteiger partial charge in [-0.3, -0.25) is 4.79 Å². The van der Waals surface area contributed by atoms with Gasteiger partial charge in [-0.25, -0.2) is 0 Å². The monoisotopic (exact) mass is 313 g/mol. The second-order valence-electron chi connectivity index (χ2n) is 5.24. The van der Waals surface area contributed by atoms with Crippen LogP contribution in [-0.2, 0) is 11.2 Å². The molecule has 0 radical (unpaired) electrons. The van der Waals surface area contributed by atoms with Crippen molar-refractivity contribution in [2.45, 2.75) is 26.2 Å². The minimum absolute atomic E-state index is 0.0200. The Kier molecular flexibility index (Phi) is 6.48. The van der Waals surface area contributed by atoms with E-state index in [4.69, 9.17) is 9.47 Å². The molecule has 0 aliphatic heterocycles. The Morgan fingerprint density at radius 2 is 1.83 bits per heavy atom. The van der Waals surface area contributed by atoms with Crippen LogP contribution in [0.4, 0.5) is 5.69 Å². The summed E-state index contributed by atoms with van der Waals surface area (Å²) in [7, 11) is 1.64. The van der Waals surface area contributed by atoms with Crippen LogP contribution in [0.2, 0.25) is 0 Å². The third-order valence-electron chi connectivity index (χ3n) is 3.42. The molecule has 0 bridgehead atoms. The number of hydrogen-bond donors (Lipinski definition) is 1. The molecule has 0 aromatic heterocycles. The van der Waals surface area contributed by atoms with Crippen LogP contribution in [0.15, 0.2) is 48.5 Å². The van der Waals surface area contributed by atoms with Gasteiger partial charge >= 0.3 is 0 Å². The van der Waals surface area contributed by atoms with E-state index in [1.165, 1.54) is 0 Å². The minimum atomic E-state index is -0.0200. The van der Waals surface area contributed by atoms with Crippen LogP contribution in [0.1, 0.15) is 25.3 Å². The highest BCUT2D eigenvalue weighted by molar-refractivity contribution is 5.92. The van der Waals surface area contributed by atoms with Crippen LogP contribution < -0.4 is 14.8 Å². The van der Waals surface area contributed by atoms with Crippen molar-refractivity contribution in [3.05, 3.63) is 54.1 Å². The number of aryl methyl sites for hydroxylation is 1. The Balaban J connectivity index is 1.89. The zero-order valence-electron chi connectivity index (χ0n) is 13.7. The lowest BCUT2D eigenvalue weighted by molar-refractivity contribution is -0.116. The maximum absolute atomic E-state index is 12.1. The van der Waals surface area contributed by atoms with Crippen molar-refractivity contribution in [2.75, 3.05) is 19.0 Å². The lowest BCUT2D eigenvalue weighted by Gasteiger charge is -2.12. The summed E-state index contributed by atoms with van der Waals surface area (Å²) < 4.78 is 10.8. The van der Waals surface area contributed by atoms with Gasteiger partial charge in [-0.05, 0) is 42.7 Å². The maximum Gasteiger partial charge on any atom is 0.224 e. The van der Waals surface area contributed by atoms with E-state index in [9.17, 15) is 4.79 Å². The van der Waals surface area contributed by atoms with Gasteiger partial charge in [-0.1, -0.05) is 31.2 Å². The molecular formula is C19H23NO3. The van der Waals surface area contributed by atoms with Crippen LogP contribution in [0.5, 0.6) is 11.5 Å². The largest absolute Gasteiger partial charge is 0.497 e. The van der Waals surface area contributed by atoms with Gasteiger partial charge < -0.3 is 14.8 Å². The molecule has 0 aliphatic carbocycles. The van der Waals surface area contributed by atoms with Crippen molar-refractivity contribution in [2.24, 2.45) is 0 Å². The van der Waals surface area contributed by atoms with Gasteiger partial charge in [0.2, 0.25) is 5.91 Å². The van der Waals surface area contributed by atoms with Gasteiger partial charge in [0.05, 0.1) is 19.4 Å². The van der Waals surface area contributed by atoms with Gasteiger partial charge in [-0.15, -0.1) is 0 Å². The Bertz CT molecular complexity index is 623. The molecule has 2 aromatic carbocycles. The van der Waals surface area contributed by atoms with Crippen molar-refractivity contribution in [3.63, 3.8) is 0 Å². The average molecular weight is 313 g/mol. The van der Waals surface area contributed by atoms with E-state index in [2.05, 4.69) is 12.2 Å².